The summed E-state index contributed by atoms with van der Waals surface area (Å²) in [6.07, 6.45) is 5.68. The molecule has 2 aliphatic rings. The van der Waals surface area contributed by atoms with Crippen LogP contribution in [0.3, 0.4) is 0 Å². The van der Waals surface area contributed by atoms with Crippen molar-refractivity contribution < 1.29 is 19.1 Å². The van der Waals surface area contributed by atoms with Gasteiger partial charge >= 0.3 is 0 Å². The predicted molar refractivity (Wildman–Crippen MR) is 125 cm³/mol. The molecule has 1 aliphatic heterocycles. The fourth-order valence-corrected chi connectivity index (χ4v) is 4.90. The first-order valence-electron chi connectivity index (χ1n) is 12.0. The summed E-state index contributed by atoms with van der Waals surface area (Å²) in [5.74, 6) is 1.99. The number of amides is 2. The Bertz CT molecular complexity index is 748. The Morgan fingerprint density at radius 3 is 2.19 bits per heavy atom. The van der Waals surface area contributed by atoms with Crippen molar-refractivity contribution in [1.29, 1.82) is 0 Å². The van der Waals surface area contributed by atoms with Crippen LogP contribution in [-0.2, 0) is 4.79 Å². The van der Waals surface area contributed by atoms with Gasteiger partial charge < -0.3 is 19.7 Å². The van der Waals surface area contributed by atoms with Crippen molar-refractivity contribution in [3.05, 3.63) is 23.8 Å². The summed E-state index contributed by atoms with van der Waals surface area (Å²) in [7, 11) is 3.13. The van der Waals surface area contributed by atoms with Gasteiger partial charge in [-0.2, -0.15) is 0 Å². The van der Waals surface area contributed by atoms with E-state index < -0.39 is 0 Å². The second-order valence-electron chi connectivity index (χ2n) is 9.11. The molecule has 32 heavy (non-hydrogen) atoms. The van der Waals surface area contributed by atoms with Gasteiger partial charge in [0.15, 0.2) is 0 Å². The van der Waals surface area contributed by atoms with Crippen LogP contribution >= 0.6 is 0 Å². The molecule has 1 N–H and O–H groups in total. The van der Waals surface area contributed by atoms with Crippen LogP contribution in [0.4, 0.5) is 0 Å². The zero-order chi connectivity index (χ0) is 23.1. The molecule has 1 aliphatic carbocycles. The number of hydrogen-bond donors (Lipinski definition) is 1. The van der Waals surface area contributed by atoms with Crippen molar-refractivity contribution in [2.45, 2.75) is 52.0 Å². The van der Waals surface area contributed by atoms with Crippen LogP contribution in [0.25, 0.3) is 0 Å². The highest BCUT2D eigenvalue weighted by atomic mass is 16.5. The summed E-state index contributed by atoms with van der Waals surface area (Å²) in [6, 6.07) is 5.28. The van der Waals surface area contributed by atoms with E-state index in [2.05, 4.69) is 24.1 Å². The van der Waals surface area contributed by atoms with E-state index in [1.165, 1.54) is 12.8 Å². The largest absolute Gasteiger partial charge is 0.496 e. The highest BCUT2D eigenvalue weighted by Crippen LogP contribution is 2.32. The molecule has 0 spiro atoms. The van der Waals surface area contributed by atoms with E-state index in [1.807, 2.05) is 11.0 Å². The van der Waals surface area contributed by atoms with Crippen LogP contribution in [0.2, 0.25) is 0 Å². The first-order valence-corrected chi connectivity index (χ1v) is 12.0. The molecule has 0 bridgehead atoms. The maximum absolute atomic E-state index is 13.3. The minimum absolute atomic E-state index is 0.0856. The molecule has 1 aromatic carbocycles. The minimum Gasteiger partial charge on any atom is -0.496 e. The third kappa shape index (κ3) is 5.55. The molecule has 1 saturated carbocycles. The van der Waals surface area contributed by atoms with Crippen molar-refractivity contribution in [3.8, 4) is 11.5 Å². The number of nitrogens with zero attached hydrogens (tertiary/aromatic N) is 2. The van der Waals surface area contributed by atoms with Crippen LogP contribution in [-0.4, -0.2) is 74.6 Å². The number of ether oxygens (including phenoxy) is 2. The number of carbonyl (C=O) groups is 2. The number of methoxy groups -OCH3 is 2. The highest BCUT2D eigenvalue weighted by Gasteiger charge is 2.38. The van der Waals surface area contributed by atoms with E-state index in [0.29, 0.717) is 55.1 Å². The normalized spacial score (nSPS) is 19.4. The van der Waals surface area contributed by atoms with E-state index >= 15 is 0 Å². The standard InChI is InChI=1S/C25H39N3O4/c1-5-18(2)17-26-24(29)23(19-9-6-7-10-19)27-13-15-28(16-14-27)25(30)22-20(31-3)11-8-12-21(22)32-4/h8,11-12,18-19,23H,5-7,9-10,13-17H2,1-4H3,(H,26,29)/t18-,23-/m0/s1. The van der Waals surface area contributed by atoms with E-state index in [4.69, 9.17) is 9.47 Å². The predicted octanol–water partition coefficient (Wildman–Crippen LogP) is 3.18. The summed E-state index contributed by atoms with van der Waals surface area (Å²) in [5.41, 5.74) is 0.463. The highest BCUT2D eigenvalue weighted by molar-refractivity contribution is 5.99. The Balaban J connectivity index is 1.68. The molecule has 2 fully saturated rings. The molecular formula is C25H39N3O4. The molecule has 3 rings (SSSR count). The first kappa shape index (κ1) is 24.4. The van der Waals surface area contributed by atoms with Gasteiger partial charge in [0, 0.05) is 32.7 Å². The molecule has 2 amide bonds. The minimum atomic E-state index is -0.0976. The Labute approximate surface area is 192 Å². The topological polar surface area (TPSA) is 71.1 Å². The second kappa shape index (κ2) is 11.5. The Morgan fingerprint density at radius 2 is 1.66 bits per heavy atom. The number of hydrogen-bond acceptors (Lipinski definition) is 5. The molecular weight excluding hydrogens is 406 g/mol. The van der Waals surface area contributed by atoms with E-state index in [9.17, 15) is 9.59 Å². The summed E-state index contributed by atoms with van der Waals surface area (Å²) in [5, 5.41) is 3.20. The van der Waals surface area contributed by atoms with E-state index in [0.717, 1.165) is 25.8 Å². The lowest BCUT2D eigenvalue weighted by Crippen LogP contribution is -2.58. The van der Waals surface area contributed by atoms with Gasteiger partial charge in [0.2, 0.25) is 5.91 Å². The van der Waals surface area contributed by atoms with Crippen molar-refractivity contribution in [3.63, 3.8) is 0 Å². The second-order valence-corrected chi connectivity index (χ2v) is 9.11. The van der Waals surface area contributed by atoms with Crippen molar-refractivity contribution in [2.24, 2.45) is 11.8 Å². The molecule has 1 saturated heterocycles. The fraction of sp³-hybridized carbons (Fsp3) is 0.680. The van der Waals surface area contributed by atoms with Crippen LogP contribution < -0.4 is 14.8 Å². The third-order valence-corrected chi connectivity index (χ3v) is 7.07. The summed E-state index contributed by atoms with van der Waals surface area (Å²) < 4.78 is 10.8. The smallest absolute Gasteiger partial charge is 0.261 e. The Hall–Kier alpha value is -2.28. The number of nitrogens with one attached hydrogen (secondary N) is 1. The lowest BCUT2D eigenvalue weighted by Gasteiger charge is -2.41. The van der Waals surface area contributed by atoms with Crippen LogP contribution in [0.1, 0.15) is 56.3 Å². The number of rotatable bonds is 9. The third-order valence-electron chi connectivity index (χ3n) is 7.07. The quantitative estimate of drug-likeness (QED) is 0.632. The summed E-state index contributed by atoms with van der Waals surface area (Å²) in [6.45, 7) is 7.61. The van der Waals surface area contributed by atoms with Gasteiger partial charge in [-0.15, -0.1) is 0 Å². The van der Waals surface area contributed by atoms with Crippen LogP contribution in [0.5, 0.6) is 11.5 Å². The first-order chi connectivity index (χ1) is 15.5. The Morgan fingerprint density at radius 1 is 1.06 bits per heavy atom. The SMILES string of the molecule is CC[C@H](C)CNC(=O)[C@H](C1CCCC1)N1CCN(C(=O)c2c(OC)cccc2OC)CC1. The van der Waals surface area contributed by atoms with Gasteiger partial charge in [0.05, 0.1) is 20.3 Å². The molecule has 1 aromatic rings. The van der Waals surface area contributed by atoms with Crippen molar-refractivity contribution in [1.82, 2.24) is 15.1 Å². The van der Waals surface area contributed by atoms with Crippen LogP contribution in [0.15, 0.2) is 18.2 Å². The maximum Gasteiger partial charge on any atom is 0.261 e. The van der Waals surface area contributed by atoms with Gasteiger partial charge in [-0.05, 0) is 36.8 Å². The number of benzene rings is 1. The molecule has 2 atom stereocenters. The van der Waals surface area contributed by atoms with Gasteiger partial charge in [-0.3, -0.25) is 14.5 Å². The van der Waals surface area contributed by atoms with Gasteiger partial charge in [-0.1, -0.05) is 39.2 Å². The lowest BCUT2D eigenvalue weighted by molar-refractivity contribution is -0.129. The fourth-order valence-electron chi connectivity index (χ4n) is 4.90. The average Bonchev–Trinajstić information content (AvgIpc) is 3.36. The summed E-state index contributed by atoms with van der Waals surface area (Å²) >= 11 is 0. The molecule has 0 radical (unpaired) electrons. The van der Waals surface area contributed by atoms with Gasteiger partial charge in [-0.25, -0.2) is 0 Å². The summed E-state index contributed by atoms with van der Waals surface area (Å²) in [4.78, 5) is 30.6. The molecule has 178 valence electrons. The lowest BCUT2D eigenvalue weighted by atomic mass is 9.94. The maximum atomic E-state index is 13.3. The number of carbonyl (C=O) groups excluding carboxylic acids is 2. The average molecular weight is 446 g/mol. The zero-order valence-corrected chi connectivity index (χ0v) is 20.1. The monoisotopic (exact) mass is 445 g/mol. The van der Waals surface area contributed by atoms with E-state index in [1.54, 1.807) is 26.4 Å². The molecule has 7 heteroatoms. The Kier molecular flexibility index (Phi) is 8.79. The molecule has 0 aromatic heterocycles. The molecule has 7 nitrogen and oxygen atoms in total. The number of piperazine rings is 1. The molecule has 0 unspecified atom stereocenters. The van der Waals surface area contributed by atoms with Crippen LogP contribution in [0, 0.1) is 11.8 Å². The van der Waals surface area contributed by atoms with Crippen molar-refractivity contribution >= 4 is 11.8 Å². The van der Waals surface area contributed by atoms with Crippen molar-refractivity contribution in [2.75, 3.05) is 46.9 Å². The van der Waals surface area contributed by atoms with E-state index in [-0.39, 0.29) is 17.9 Å². The van der Waals surface area contributed by atoms with Gasteiger partial charge in [0.1, 0.15) is 17.1 Å². The van der Waals surface area contributed by atoms with Gasteiger partial charge in [0.25, 0.3) is 5.91 Å². The molecule has 1 heterocycles. The zero-order valence-electron chi connectivity index (χ0n) is 20.1.